The molecule has 1 aromatic carbocycles. The second-order valence-electron chi connectivity index (χ2n) is 5.71. The second-order valence-corrected chi connectivity index (χ2v) is 6.95. The highest BCUT2D eigenvalue weighted by atomic mass is 79.9. The first kappa shape index (κ1) is 19.7. The molecule has 0 amide bonds. The number of aromatic nitrogens is 3. The number of hydrogen-bond acceptors (Lipinski definition) is 5. The van der Waals surface area contributed by atoms with Crippen molar-refractivity contribution in [3.05, 3.63) is 32.8 Å². The van der Waals surface area contributed by atoms with Crippen LogP contribution in [0.3, 0.4) is 0 Å². The van der Waals surface area contributed by atoms with Crippen LogP contribution in [0, 0.1) is 4.77 Å². The smallest absolute Gasteiger partial charge is 0.216 e. The maximum Gasteiger partial charge on any atom is 0.216 e. The van der Waals surface area contributed by atoms with Crippen LogP contribution < -0.4 is 9.47 Å². The van der Waals surface area contributed by atoms with Gasteiger partial charge in [0.25, 0.3) is 0 Å². The van der Waals surface area contributed by atoms with Crippen molar-refractivity contribution in [3.63, 3.8) is 0 Å². The third-order valence-corrected chi connectivity index (χ3v) is 4.15. The van der Waals surface area contributed by atoms with Crippen LogP contribution in [0.2, 0.25) is 0 Å². The maximum atomic E-state index is 5.79. The highest BCUT2D eigenvalue weighted by molar-refractivity contribution is 9.10. The Bertz CT molecular complexity index is 798. The van der Waals surface area contributed by atoms with Gasteiger partial charge in [0.15, 0.2) is 17.3 Å². The van der Waals surface area contributed by atoms with Gasteiger partial charge in [-0.2, -0.15) is 14.9 Å². The van der Waals surface area contributed by atoms with E-state index < -0.39 is 0 Å². The van der Waals surface area contributed by atoms with Gasteiger partial charge in [0.1, 0.15) is 0 Å². The normalized spacial score (nSPS) is 11.4. The molecule has 1 heterocycles. The fourth-order valence-electron chi connectivity index (χ4n) is 2.18. The Hall–Kier alpha value is -1.67. The van der Waals surface area contributed by atoms with Crippen LogP contribution in [0.1, 0.15) is 51.4 Å². The van der Waals surface area contributed by atoms with Gasteiger partial charge in [-0.1, -0.05) is 20.8 Å². The van der Waals surface area contributed by atoms with Crippen molar-refractivity contribution in [1.29, 1.82) is 0 Å². The van der Waals surface area contributed by atoms with E-state index in [2.05, 4.69) is 38.2 Å². The average Bonchev–Trinajstić information content (AvgIpc) is 2.93. The van der Waals surface area contributed by atoms with Crippen LogP contribution in [0.5, 0.6) is 11.5 Å². The SMILES string of the molecule is CCCOc1c(Br)cc(/C=N\n2c(C(C)C)n[nH]c2=S)cc1OCC. The highest BCUT2D eigenvalue weighted by Gasteiger charge is 2.12. The molecule has 0 saturated carbocycles. The Kier molecular flexibility index (Phi) is 7.19. The molecule has 0 aliphatic heterocycles. The summed E-state index contributed by atoms with van der Waals surface area (Å²) in [7, 11) is 0. The predicted molar refractivity (Wildman–Crippen MR) is 106 cm³/mol. The van der Waals surface area contributed by atoms with Gasteiger partial charge < -0.3 is 9.47 Å². The van der Waals surface area contributed by atoms with Crippen LogP contribution >= 0.6 is 28.1 Å². The first-order valence-corrected chi connectivity index (χ1v) is 9.48. The lowest BCUT2D eigenvalue weighted by molar-refractivity contribution is 0.275. The molecule has 1 aromatic heterocycles. The van der Waals surface area contributed by atoms with Gasteiger partial charge in [-0.05, 0) is 59.2 Å². The first-order chi connectivity index (χ1) is 12.0. The van der Waals surface area contributed by atoms with Crippen LogP contribution in [0.15, 0.2) is 21.7 Å². The fourth-order valence-corrected chi connectivity index (χ4v) is 2.94. The third-order valence-electron chi connectivity index (χ3n) is 3.30. The number of aromatic amines is 1. The topological polar surface area (TPSA) is 64.4 Å². The summed E-state index contributed by atoms with van der Waals surface area (Å²) in [6.45, 7) is 9.28. The number of benzene rings is 1. The number of halogens is 1. The van der Waals surface area contributed by atoms with E-state index in [9.17, 15) is 0 Å². The monoisotopic (exact) mass is 426 g/mol. The van der Waals surface area contributed by atoms with Gasteiger partial charge in [-0.3, -0.25) is 5.10 Å². The molecule has 6 nitrogen and oxygen atoms in total. The van der Waals surface area contributed by atoms with Gasteiger partial charge in [-0.25, -0.2) is 0 Å². The summed E-state index contributed by atoms with van der Waals surface area (Å²) in [5, 5.41) is 11.5. The minimum Gasteiger partial charge on any atom is -0.490 e. The Balaban J connectivity index is 2.37. The van der Waals surface area contributed by atoms with Crippen LogP contribution in [-0.4, -0.2) is 34.3 Å². The Labute approximate surface area is 161 Å². The number of hydrogen-bond donors (Lipinski definition) is 1. The molecule has 0 bridgehead atoms. The Morgan fingerprint density at radius 1 is 1.36 bits per heavy atom. The zero-order chi connectivity index (χ0) is 18.4. The molecule has 1 N–H and O–H groups in total. The molecule has 0 aliphatic rings. The Morgan fingerprint density at radius 3 is 2.76 bits per heavy atom. The summed E-state index contributed by atoms with van der Waals surface area (Å²) in [4.78, 5) is 0. The molecule has 136 valence electrons. The van der Waals surface area contributed by atoms with E-state index in [0.717, 1.165) is 22.3 Å². The van der Waals surface area contributed by atoms with Gasteiger partial charge in [0.05, 0.1) is 23.9 Å². The van der Waals surface area contributed by atoms with Crippen molar-refractivity contribution in [3.8, 4) is 11.5 Å². The summed E-state index contributed by atoms with van der Waals surface area (Å²) >= 11 is 8.80. The second kappa shape index (κ2) is 9.15. The molecule has 0 spiro atoms. The van der Waals surface area contributed by atoms with E-state index in [-0.39, 0.29) is 5.92 Å². The van der Waals surface area contributed by atoms with Gasteiger partial charge >= 0.3 is 0 Å². The van der Waals surface area contributed by atoms with Crippen LogP contribution in [0.25, 0.3) is 0 Å². The van der Waals surface area contributed by atoms with Gasteiger partial charge in [-0.15, -0.1) is 0 Å². The van der Waals surface area contributed by atoms with Crippen molar-refractivity contribution < 1.29 is 9.47 Å². The number of H-pyrrole nitrogens is 1. The van der Waals surface area contributed by atoms with Crippen molar-refractivity contribution in [1.82, 2.24) is 14.9 Å². The zero-order valence-corrected chi connectivity index (χ0v) is 17.3. The molecule has 0 fully saturated rings. The predicted octanol–water partition coefficient (Wildman–Crippen LogP) is 4.90. The van der Waals surface area contributed by atoms with Crippen LogP contribution in [0.4, 0.5) is 0 Å². The van der Waals surface area contributed by atoms with Gasteiger partial charge in [0, 0.05) is 5.92 Å². The molecular formula is C17H23BrN4O2S. The lowest BCUT2D eigenvalue weighted by Crippen LogP contribution is -2.03. The van der Waals surface area contributed by atoms with E-state index >= 15 is 0 Å². The van der Waals surface area contributed by atoms with Crippen LogP contribution in [-0.2, 0) is 0 Å². The van der Waals surface area contributed by atoms with Gasteiger partial charge in [0.2, 0.25) is 4.77 Å². The maximum absolute atomic E-state index is 5.79. The third kappa shape index (κ3) is 4.92. The fraction of sp³-hybridized carbons (Fsp3) is 0.471. The molecular weight excluding hydrogens is 404 g/mol. The number of nitrogens with one attached hydrogen (secondary N) is 1. The molecule has 8 heteroatoms. The molecule has 2 rings (SSSR count). The summed E-state index contributed by atoms with van der Waals surface area (Å²) in [6, 6.07) is 3.84. The molecule has 25 heavy (non-hydrogen) atoms. The van der Waals surface area contributed by atoms with E-state index in [4.69, 9.17) is 21.7 Å². The molecule has 2 aromatic rings. The molecule has 0 atom stereocenters. The molecule has 0 unspecified atom stereocenters. The van der Waals surface area contributed by atoms with Crippen molar-refractivity contribution in [2.45, 2.75) is 40.0 Å². The van der Waals surface area contributed by atoms with E-state index in [1.807, 2.05) is 32.9 Å². The van der Waals surface area contributed by atoms with E-state index in [0.29, 0.717) is 29.5 Å². The average molecular weight is 427 g/mol. The highest BCUT2D eigenvalue weighted by Crippen LogP contribution is 2.36. The quantitative estimate of drug-likeness (QED) is 0.481. The first-order valence-electron chi connectivity index (χ1n) is 8.28. The molecule has 0 saturated heterocycles. The summed E-state index contributed by atoms with van der Waals surface area (Å²) in [5.41, 5.74) is 0.872. The zero-order valence-electron chi connectivity index (χ0n) is 14.9. The minimum absolute atomic E-state index is 0.209. The minimum atomic E-state index is 0.209. The van der Waals surface area contributed by atoms with Crippen molar-refractivity contribution in [2.24, 2.45) is 5.10 Å². The van der Waals surface area contributed by atoms with Crippen molar-refractivity contribution >= 4 is 34.4 Å². The lowest BCUT2D eigenvalue weighted by atomic mass is 10.2. The Morgan fingerprint density at radius 2 is 2.12 bits per heavy atom. The van der Waals surface area contributed by atoms with E-state index in [1.165, 1.54) is 0 Å². The summed E-state index contributed by atoms with van der Waals surface area (Å²) in [5.74, 6) is 2.39. The summed E-state index contributed by atoms with van der Waals surface area (Å²) in [6.07, 6.45) is 2.66. The van der Waals surface area contributed by atoms with E-state index in [1.54, 1.807) is 10.9 Å². The number of rotatable bonds is 8. The molecule has 0 aliphatic carbocycles. The molecule has 0 radical (unpaired) electrons. The number of ether oxygens (including phenoxy) is 2. The number of nitrogens with zero attached hydrogens (tertiary/aromatic N) is 3. The largest absolute Gasteiger partial charge is 0.490 e. The standard InChI is InChI=1S/C17H23BrN4O2S/c1-5-7-24-15-13(18)8-12(9-14(15)23-6-2)10-19-22-16(11(3)4)20-21-17(22)25/h8-11H,5-7H2,1-4H3,(H,21,25)/b19-10-. The summed E-state index contributed by atoms with van der Waals surface area (Å²) < 4.78 is 14.4. The van der Waals surface area contributed by atoms with Crippen molar-refractivity contribution in [2.75, 3.05) is 13.2 Å². The lowest BCUT2D eigenvalue weighted by Gasteiger charge is -2.14.